The van der Waals surface area contributed by atoms with Crippen LogP contribution in [0.5, 0.6) is 0 Å². The number of hydrogen-bond acceptors (Lipinski definition) is 2. The lowest BCUT2D eigenvalue weighted by Crippen LogP contribution is -2.40. The Hall–Kier alpha value is -0.0800. The van der Waals surface area contributed by atoms with E-state index < -0.39 is 0 Å². The summed E-state index contributed by atoms with van der Waals surface area (Å²) in [6, 6.07) is 0.625. The summed E-state index contributed by atoms with van der Waals surface area (Å²) in [5, 5.41) is 13.7. The van der Waals surface area contributed by atoms with Gasteiger partial charge in [0.2, 0.25) is 0 Å². The molecular weight excluding hydrogens is 186 g/mol. The molecule has 90 valence electrons. The maximum absolute atomic E-state index is 10.4. The van der Waals surface area contributed by atoms with E-state index in [1.807, 2.05) is 7.05 Å². The predicted molar refractivity (Wildman–Crippen MR) is 65.0 cm³/mol. The van der Waals surface area contributed by atoms with E-state index >= 15 is 0 Å². The van der Waals surface area contributed by atoms with Gasteiger partial charge < -0.3 is 10.4 Å². The van der Waals surface area contributed by atoms with Gasteiger partial charge in [0, 0.05) is 6.04 Å². The molecule has 0 unspecified atom stereocenters. The molecule has 1 aliphatic carbocycles. The fraction of sp³-hybridized carbons (Fsp3) is 1.00. The van der Waals surface area contributed by atoms with Gasteiger partial charge >= 0.3 is 0 Å². The van der Waals surface area contributed by atoms with Gasteiger partial charge in [-0.25, -0.2) is 0 Å². The van der Waals surface area contributed by atoms with Crippen LogP contribution in [0.3, 0.4) is 0 Å². The smallest absolute Gasteiger partial charge is 0.0649 e. The first-order valence-electron chi connectivity index (χ1n) is 6.24. The van der Waals surface area contributed by atoms with E-state index in [2.05, 4.69) is 26.1 Å². The summed E-state index contributed by atoms with van der Waals surface area (Å²) in [4.78, 5) is 0. The molecule has 0 aromatic heterocycles. The zero-order valence-electron chi connectivity index (χ0n) is 10.8. The molecule has 1 rings (SSSR count). The number of rotatable bonds is 3. The zero-order valence-corrected chi connectivity index (χ0v) is 10.8. The second kappa shape index (κ2) is 4.84. The molecule has 2 heteroatoms. The van der Waals surface area contributed by atoms with E-state index in [1.165, 1.54) is 0 Å². The zero-order chi connectivity index (χ0) is 11.5. The van der Waals surface area contributed by atoms with Crippen LogP contribution in [0.4, 0.5) is 0 Å². The predicted octanol–water partition coefficient (Wildman–Crippen LogP) is 2.71. The van der Waals surface area contributed by atoms with Gasteiger partial charge in [0.15, 0.2) is 0 Å². The van der Waals surface area contributed by atoms with Crippen LogP contribution in [-0.4, -0.2) is 23.8 Å². The molecule has 0 atom stereocenters. The monoisotopic (exact) mass is 213 g/mol. The first-order valence-corrected chi connectivity index (χ1v) is 6.24. The molecule has 0 spiro atoms. The standard InChI is InChI=1S/C13H27NO/c1-12(2,3)9-10-13(15)7-5-11(14-4)6-8-13/h11,14-15H,5-10H2,1-4H3. The van der Waals surface area contributed by atoms with Crippen molar-refractivity contribution in [1.29, 1.82) is 0 Å². The van der Waals surface area contributed by atoms with E-state index in [9.17, 15) is 5.11 Å². The highest BCUT2D eigenvalue weighted by Crippen LogP contribution is 2.35. The minimum atomic E-state index is -0.374. The molecule has 0 saturated heterocycles. The van der Waals surface area contributed by atoms with E-state index in [-0.39, 0.29) is 5.60 Å². The maximum atomic E-state index is 10.4. The van der Waals surface area contributed by atoms with Crippen molar-refractivity contribution >= 4 is 0 Å². The van der Waals surface area contributed by atoms with Crippen molar-refractivity contribution in [3.05, 3.63) is 0 Å². The Balaban J connectivity index is 2.35. The topological polar surface area (TPSA) is 32.3 Å². The van der Waals surface area contributed by atoms with Gasteiger partial charge in [-0.05, 0) is 51.0 Å². The van der Waals surface area contributed by atoms with Crippen molar-refractivity contribution < 1.29 is 5.11 Å². The molecule has 0 aromatic rings. The summed E-state index contributed by atoms with van der Waals surface area (Å²) in [7, 11) is 2.02. The van der Waals surface area contributed by atoms with Crippen LogP contribution in [0.15, 0.2) is 0 Å². The van der Waals surface area contributed by atoms with E-state index in [4.69, 9.17) is 0 Å². The van der Waals surface area contributed by atoms with Crippen molar-refractivity contribution in [2.45, 2.75) is 70.9 Å². The molecular formula is C13H27NO. The highest BCUT2D eigenvalue weighted by atomic mass is 16.3. The van der Waals surface area contributed by atoms with Gasteiger partial charge in [-0.2, -0.15) is 0 Å². The Morgan fingerprint density at radius 2 is 1.80 bits per heavy atom. The molecule has 1 fully saturated rings. The van der Waals surface area contributed by atoms with Crippen molar-refractivity contribution in [2.75, 3.05) is 7.05 Å². The van der Waals surface area contributed by atoms with Gasteiger partial charge in [-0.1, -0.05) is 20.8 Å². The third-order valence-electron chi connectivity index (χ3n) is 3.66. The average molecular weight is 213 g/mol. The van der Waals surface area contributed by atoms with Gasteiger partial charge in [0.1, 0.15) is 0 Å². The molecule has 1 saturated carbocycles. The van der Waals surface area contributed by atoms with Crippen molar-refractivity contribution in [1.82, 2.24) is 5.32 Å². The largest absolute Gasteiger partial charge is 0.390 e. The Labute approximate surface area is 94.5 Å². The maximum Gasteiger partial charge on any atom is 0.0649 e. The summed E-state index contributed by atoms with van der Waals surface area (Å²) in [5.41, 5.74) is -0.0315. The van der Waals surface area contributed by atoms with Crippen LogP contribution in [0.2, 0.25) is 0 Å². The van der Waals surface area contributed by atoms with Crippen LogP contribution in [-0.2, 0) is 0 Å². The summed E-state index contributed by atoms with van der Waals surface area (Å²) in [6.07, 6.45) is 6.26. The minimum Gasteiger partial charge on any atom is -0.390 e. The van der Waals surface area contributed by atoms with Crippen LogP contribution >= 0.6 is 0 Å². The summed E-state index contributed by atoms with van der Waals surface area (Å²) < 4.78 is 0. The molecule has 15 heavy (non-hydrogen) atoms. The molecule has 0 aliphatic heterocycles. The summed E-state index contributed by atoms with van der Waals surface area (Å²) >= 11 is 0. The first kappa shape index (κ1) is 13.0. The SMILES string of the molecule is CNC1CCC(O)(CCC(C)(C)C)CC1. The molecule has 0 bridgehead atoms. The normalized spacial score (nSPS) is 33.0. The molecule has 0 radical (unpaired) electrons. The van der Waals surface area contributed by atoms with Crippen molar-refractivity contribution in [2.24, 2.45) is 5.41 Å². The summed E-state index contributed by atoms with van der Waals surface area (Å²) in [5.74, 6) is 0. The number of nitrogens with one attached hydrogen (secondary N) is 1. The molecule has 0 amide bonds. The lowest BCUT2D eigenvalue weighted by atomic mass is 9.76. The first-order chi connectivity index (χ1) is 6.85. The Morgan fingerprint density at radius 3 is 2.20 bits per heavy atom. The quantitative estimate of drug-likeness (QED) is 0.755. The highest BCUT2D eigenvalue weighted by Gasteiger charge is 2.33. The Bertz CT molecular complexity index is 187. The third-order valence-corrected chi connectivity index (χ3v) is 3.66. The molecule has 2 nitrogen and oxygen atoms in total. The third kappa shape index (κ3) is 4.52. The van der Waals surface area contributed by atoms with Gasteiger partial charge in [0.25, 0.3) is 0 Å². The number of aliphatic hydroxyl groups is 1. The second-order valence-corrected chi connectivity index (χ2v) is 6.35. The van der Waals surface area contributed by atoms with Gasteiger partial charge in [-0.15, -0.1) is 0 Å². The van der Waals surface area contributed by atoms with Crippen LogP contribution in [0.25, 0.3) is 0 Å². The highest BCUT2D eigenvalue weighted by molar-refractivity contribution is 4.88. The summed E-state index contributed by atoms with van der Waals surface area (Å²) in [6.45, 7) is 6.74. The van der Waals surface area contributed by atoms with E-state index in [0.717, 1.165) is 38.5 Å². The Kier molecular flexibility index (Phi) is 4.19. The lowest BCUT2D eigenvalue weighted by molar-refractivity contribution is -0.0184. The van der Waals surface area contributed by atoms with Crippen LogP contribution in [0, 0.1) is 5.41 Å². The Morgan fingerprint density at radius 1 is 1.27 bits per heavy atom. The van der Waals surface area contributed by atoms with Crippen LogP contribution in [0.1, 0.15) is 59.3 Å². The van der Waals surface area contributed by atoms with Crippen molar-refractivity contribution in [3.8, 4) is 0 Å². The van der Waals surface area contributed by atoms with Gasteiger partial charge in [-0.3, -0.25) is 0 Å². The fourth-order valence-corrected chi connectivity index (χ4v) is 2.30. The molecule has 0 aromatic carbocycles. The van der Waals surface area contributed by atoms with Crippen LogP contribution < -0.4 is 5.32 Å². The average Bonchev–Trinajstić information content (AvgIpc) is 2.16. The number of hydrogen-bond donors (Lipinski definition) is 2. The van der Waals surface area contributed by atoms with Crippen molar-refractivity contribution in [3.63, 3.8) is 0 Å². The van der Waals surface area contributed by atoms with E-state index in [1.54, 1.807) is 0 Å². The fourth-order valence-electron chi connectivity index (χ4n) is 2.30. The van der Waals surface area contributed by atoms with Gasteiger partial charge in [0.05, 0.1) is 5.60 Å². The molecule has 1 aliphatic rings. The molecule has 0 heterocycles. The second-order valence-electron chi connectivity index (χ2n) is 6.35. The lowest BCUT2D eigenvalue weighted by Gasteiger charge is -2.37. The van der Waals surface area contributed by atoms with E-state index in [0.29, 0.717) is 11.5 Å². The molecule has 2 N–H and O–H groups in total. The minimum absolute atomic E-state index is 0.343.